The number of hydrogen-bond acceptors (Lipinski definition) is 3. The molecule has 0 fully saturated rings. The Morgan fingerprint density at radius 1 is 1.23 bits per heavy atom. The Balaban J connectivity index is 2.43. The van der Waals surface area contributed by atoms with E-state index in [9.17, 15) is 4.39 Å². The van der Waals surface area contributed by atoms with Gasteiger partial charge in [0.05, 0.1) is 6.04 Å². The number of benzene rings is 2. The quantitative estimate of drug-likeness (QED) is 0.611. The molecule has 0 saturated carbocycles. The first-order valence-corrected chi connectivity index (χ1v) is 7.18. The monoisotopic (exact) mass is 313 g/mol. The molecule has 3 aromatic rings. The molecule has 0 saturated heterocycles. The zero-order valence-corrected chi connectivity index (χ0v) is 12.6. The third-order valence-electron chi connectivity index (χ3n) is 3.68. The molecular weight excluding hydrogens is 301 g/mol. The van der Waals surface area contributed by atoms with Gasteiger partial charge in [0.1, 0.15) is 5.82 Å². The van der Waals surface area contributed by atoms with Crippen LogP contribution < -0.4 is 0 Å². The van der Waals surface area contributed by atoms with Crippen LogP contribution in [0.5, 0.6) is 0 Å². The van der Waals surface area contributed by atoms with Crippen molar-refractivity contribution in [3.05, 3.63) is 65.2 Å². The number of aromatic nitrogens is 1. The highest BCUT2D eigenvalue weighted by atomic mass is 35.5. The summed E-state index contributed by atoms with van der Waals surface area (Å²) < 4.78 is 13.6. The van der Waals surface area contributed by atoms with E-state index in [2.05, 4.69) is 10.1 Å². The molecule has 0 aliphatic heterocycles. The van der Waals surface area contributed by atoms with Crippen molar-refractivity contribution in [2.24, 2.45) is 5.11 Å². The molecule has 0 bridgehead atoms. The lowest BCUT2D eigenvalue weighted by Crippen LogP contribution is -1.96. The Morgan fingerprint density at radius 3 is 2.77 bits per heavy atom. The van der Waals surface area contributed by atoms with Gasteiger partial charge in [-0.2, -0.15) is 5.11 Å². The zero-order valence-electron chi connectivity index (χ0n) is 11.8. The average Bonchev–Trinajstić information content (AvgIpc) is 2.54. The molecule has 3 rings (SSSR count). The van der Waals surface area contributed by atoms with Gasteiger partial charge in [-0.1, -0.05) is 23.7 Å². The molecular formula is C17H13ClFN3. The fraction of sp³-hybridized carbons (Fsp3) is 0.118. The molecule has 22 heavy (non-hydrogen) atoms. The Bertz CT molecular complexity index is 864. The molecule has 110 valence electrons. The molecule has 5 heteroatoms. The predicted molar refractivity (Wildman–Crippen MR) is 85.7 cm³/mol. The van der Waals surface area contributed by atoms with Crippen LogP contribution in [-0.4, -0.2) is 4.98 Å². The maximum absolute atomic E-state index is 13.6. The van der Waals surface area contributed by atoms with Gasteiger partial charge in [-0.05, 0) is 47.9 Å². The summed E-state index contributed by atoms with van der Waals surface area (Å²) in [6.45, 7) is 1.81. The van der Waals surface area contributed by atoms with Crippen LogP contribution in [0.4, 0.5) is 4.39 Å². The van der Waals surface area contributed by atoms with Gasteiger partial charge in [0.2, 0.25) is 0 Å². The van der Waals surface area contributed by atoms with Gasteiger partial charge in [-0.25, -0.2) is 9.92 Å². The summed E-state index contributed by atoms with van der Waals surface area (Å²) in [4.78, 5) is 4.16. The maximum Gasteiger partial charge on any atom is 0.123 e. The molecule has 1 heterocycles. The van der Waals surface area contributed by atoms with Crippen LogP contribution in [0, 0.1) is 11.3 Å². The maximum atomic E-state index is 13.6. The van der Waals surface area contributed by atoms with Crippen LogP contribution in [0.15, 0.2) is 53.9 Å². The molecule has 1 unspecified atom stereocenters. The second kappa shape index (κ2) is 5.81. The van der Waals surface area contributed by atoms with Crippen molar-refractivity contribution < 1.29 is 4.39 Å². The summed E-state index contributed by atoms with van der Waals surface area (Å²) in [5.74, 6) is -0.314. The van der Waals surface area contributed by atoms with E-state index in [0.29, 0.717) is 5.02 Å². The second-order valence-corrected chi connectivity index (χ2v) is 5.47. The number of hydrogen-bond donors (Lipinski definition) is 1. The smallest absolute Gasteiger partial charge is 0.123 e. The molecule has 0 aliphatic carbocycles. The van der Waals surface area contributed by atoms with E-state index in [0.717, 1.165) is 27.5 Å². The van der Waals surface area contributed by atoms with Crippen LogP contribution in [-0.2, 0) is 0 Å². The number of nitrogens with zero attached hydrogens (tertiary/aromatic N) is 2. The zero-order chi connectivity index (χ0) is 15.7. The fourth-order valence-electron chi connectivity index (χ4n) is 2.61. The summed E-state index contributed by atoms with van der Waals surface area (Å²) in [5, 5.41) is 5.83. The molecule has 1 N–H and O–H groups in total. The molecule has 3 nitrogen and oxygen atoms in total. The first kappa shape index (κ1) is 14.6. The Labute approximate surface area is 132 Å². The van der Waals surface area contributed by atoms with E-state index in [1.165, 1.54) is 12.1 Å². The van der Waals surface area contributed by atoms with Gasteiger partial charge >= 0.3 is 0 Å². The van der Waals surface area contributed by atoms with Gasteiger partial charge < -0.3 is 0 Å². The van der Waals surface area contributed by atoms with Crippen molar-refractivity contribution in [2.75, 3.05) is 0 Å². The van der Waals surface area contributed by atoms with Gasteiger partial charge in [0.25, 0.3) is 0 Å². The largest absolute Gasteiger partial charge is 0.264 e. The van der Waals surface area contributed by atoms with E-state index in [4.69, 9.17) is 17.1 Å². The minimum Gasteiger partial charge on any atom is -0.264 e. The highest BCUT2D eigenvalue weighted by Crippen LogP contribution is 2.39. The van der Waals surface area contributed by atoms with E-state index in [-0.39, 0.29) is 11.9 Å². The molecule has 1 aromatic heterocycles. The fourth-order valence-corrected chi connectivity index (χ4v) is 2.89. The van der Waals surface area contributed by atoms with Crippen molar-refractivity contribution in [3.63, 3.8) is 0 Å². The van der Waals surface area contributed by atoms with Crippen molar-refractivity contribution in [1.29, 1.82) is 5.53 Å². The van der Waals surface area contributed by atoms with Gasteiger partial charge in [-0.15, -0.1) is 0 Å². The molecule has 0 amide bonds. The first-order chi connectivity index (χ1) is 10.6. The lowest BCUT2D eigenvalue weighted by atomic mass is 9.91. The average molecular weight is 314 g/mol. The summed E-state index contributed by atoms with van der Waals surface area (Å²) in [5.41, 5.74) is 9.64. The number of nitrogens with one attached hydrogen (secondary N) is 1. The van der Waals surface area contributed by atoms with Crippen molar-refractivity contribution in [2.45, 2.75) is 13.0 Å². The van der Waals surface area contributed by atoms with Crippen molar-refractivity contribution >= 4 is 22.4 Å². The Kier molecular flexibility index (Phi) is 3.86. The van der Waals surface area contributed by atoms with Crippen molar-refractivity contribution in [1.82, 2.24) is 4.98 Å². The first-order valence-electron chi connectivity index (χ1n) is 6.80. The second-order valence-electron chi connectivity index (χ2n) is 5.06. The van der Waals surface area contributed by atoms with Gasteiger partial charge in [0.15, 0.2) is 0 Å². The summed E-state index contributed by atoms with van der Waals surface area (Å²) in [6, 6.07) is 9.61. The third kappa shape index (κ3) is 2.46. The topological polar surface area (TPSA) is 49.1 Å². The highest BCUT2D eigenvalue weighted by molar-refractivity contribution is 6.36. The van der Waals surface area contributed by atoms with Crippen LogP contribution in [0.3, 0.4) is 0 Å². The molecule has 2 aromatic carbocycles. The standard InChI is InChI=1S/C17H13ClFN3/c1-10(22-20)14-8-16(18)13-5-6-21-9-15(13)17(14)11-3-2-4-12(19)7-11/h2-10,20H,1H3. The lowest BCUT2D eigenvalue weighted by molar-refractivity contribution is 0.628. The van der Waals surface area contributed by atoms with Crippen molar-refractivity contribution in [3.8, 4) is 11.1 Å². The van der Waals surface area contributed by atoms with E-state index >= 15 is 0 Å². The highest BCUT2D eigenvalue weighted by Gasteiger charge is 2.17. The minimum atomic E-state index is -0.375. The Morgan fingerprint density at radius 2 is 2.05 bits per heavy atom. The van der Waals surface area contributed by atoms with Crippen LogP contribution in [0.1, 0.15) is 18.5 Å². The predicted octanol–water partition coefficient (Wildman–Crippen LogP) is 5.79. The van der Waals surface area contributed by atoms with E-state index in [1.54, 1.807) is 24.5 Å². The lowest BCUT2D eigenvalue weighted by Gasteiger charge is -2.16. The Hall–Kier alpha value is -2.33. The van der Waals surface area contributed by atoms with E-state index < -0.39 is 0 Å². The van der Waals surface area contributed by atoms with Gasteiger partial charge in [-0.3, -0.25) is 4.98 Å². The van der Waals surface area contributed by atoms with E-state index in [1.807, 2.05) is 19.1 Å². The SMILES string of the molecule is CC(N=N)c1cc(Cl)c2ccncc2c1-c1cccc(F)c1. The minimum absolute atomic E-state index is 0.314. The normalized spacial score (nSPS) is 12.3. The van der Waals surface area contributed by atoms with Crippen LogP contribution in [0.25, 0.3) is 21.9 Å². The summed E-state index contributed by atoms with van der Waals surface area (Å²) in [7, 11) is 0. The third-order valence-corrected chi connectivity index (χ3v) is 3.99. The summed E-state index contributed by atoms with van der Waals surface area (Å²) >= 11 is 6.35. The molecule has 0 aliphatic rings. The van der Waals surface area contributed by atoms with Crippen LogP contribution in [0.2, 0.25) is 5.02 Å². The number of pyridine rings is 1. The number of rotatable bonds is 3. The molecule has 0 radical (unpaired) electrons. The number of halogens is 2. The molecule has 1 atom stereocenters. The summed E-state index contributed by atoms with van der Waals surface area (Å²) in [6.07, 6.45) is 3.38. The number of fused-ring (bicyclic) bond motifs is 1. The van der Waals surface area contributed by atoms with Crippen LogP contribution >= 0.6 is 11.6 Å². The van der Waals surface area contributed by atoms with Gasteiger partial charge in [0, 0.05) is 28.2 Å². The molecule has 0 spiro atoms.